The predicted octanol–water partition coefficient (Wildman–Crippen LogP) is 2.42. The Morgan fingerprint density at radius 3 is 2.37 bits per heavy atom. The van der Waals surface area contributed by atoms with Crippen molar-refractivity contribution in [3.8, 4) is 0 Å². The molecule has 0 spiro atoms. The Hall–Kier alpha value is -1.95. The second kappa shape index (κ2) is 7.97. The highest BCUT2D eigenvalue weighted by atomic mass is 19.1. The maximum absolute atomic E-state index is 13.4. The van der Waals surface area contributed by atoms with E-state index in [2.05, 4.69) is 10.2 Å². The molecule has 4 rings (SSSR count). The summed E-state index contributed by atoms with van der Waals surface area (Å²) in [7, 11) is 0. The number of nitrogens with zero attached hydrogens (tertiary/aromatic N) is 2. The topological polar surface area (TPSA) is 52.7 Å². The number of carbonyl (C=O) groups excluding carboxylic acids is 2. The molecule has 0 radical (unpaired) electrons. The van der Waals surface area contributed by atoms with Gasteiger partial charge in [-0.1, -0.05) is 18.9 Å². The SMILES string of the molecule is O=C(NC1CC1)[C@H](C1CCCC1)N1CCN(C(=O)c2cccc(F)c2)CC1. The van der Waals surface area contributed by atoms with Gasteiger partial charge < -0.3 is 10.2 Å². The standard InChI is InChI=1S/C21H28FN3O2/c22-17-7-3-6-16(14-17)21(27)25-12-10-24(11-13-25)19(15-4-1-2-5-15)20(26)23-18-8-9-18/h3,6-7,14-15,18-19H,1-2,4-5,8-13H2,(H,23,26)/t19-/m0/s1. The molecule has 3 aliphatic rings. The van der Waals surface area contributed by atoms with Crippen LogP contribution in [0.1, 0.15) is 48.9 Å². The van der Waals surface area contributed by atoms with Crippen LogP contribution in [-0.4, -0.2) is 59.9 Å². The highest BCUT2D eigenvalue weighted by Crippen LogP contribution is 2.32. The van der Waals surface area contributed by atoms with Crippen molar-refractivity contribution in [3.63, 3.8) is 0 Å². The van der Waals surface area contributed by atoms with E-state index in [0.717, 1.165) is 25.7 Å². The van der Waals surface area contributed by atoms with E-state index in [0.29, 0.717) is 43.7 Å². The fourth-order valence-electron chi connectivity index (χ4n) is 4.47. The fraction of sp³-hybridized carbons (Fsp3) is 0.619. The maximum Gasteiger partial charge on any atom is 0.254 e. The Morgan fingerprint density at radius 2 is 1.74 bits per heavy atom. The van der Waals surface area contributed by atoms with Gasteiger partial charge in [0.05, 0.1) is 6.04 Å². The van der Waals surface area contributed by atoms with Crippen LogP contribution in [-0.2, 0) is 4.79 Å². The van der Waals surface area contributed by atoms with Crippen LogP contribution in [0.5, 0.6) is 0 Å². The van der Waals surface area contributed by atoms with Crippen LogP contribution >= 0.6 is 0 Å². The minimum absolute atomic E-state index is 0.0699. The zero-order chi connectivity index (χ0) is 18.8. The summed E-state index contributed by atoms with van der Waals surface area (Å²) >= 11 is 0. The van der Waals surface area contributed by atoms with Crippen molar-refractivity contribution in [3.05, 3.63) is 35.6 Å². The van der Waals surface area contributed by atoms with Crippen LogP contribution in [0.25, 0.3) is 0 Å². The van der Waals surface area contributed by atoms with Gasteiger partial charge in [-0.05, 0) is 49.8 Å². The van der Waals surface area contributed by atoms with Gasteiger partial charge in [-0.25, -0.2) is 4.39 Å². The summed E-state index contributed by atoms with van der Waals surface area (Å²) < 4.78 is 13.4. The lowest BCUT2D eigenvalue weighted by Gasteiger charge is -2.40. The van der Waals surface area contributed by atoms with E-state index in [4.69, 9.17) is 0 Å². The predicted molar refractivity (Wildman–Crippen MR) is 101 cm³/mol. The molecule has 146 valence electrons. The largest absolute Gasteiger partial charge is 0.352 e. The van der Waals surface area contributed by atoms with E-state index in [1.165, 1.54) is 25.0 Å². The molecule has 1 heterocycles. The molecule has 1 aromatic carbocycles. The smallest absolute Gasteiger partial charge is 0.254 e. The molecule has 1 aromatic rings. The summed E-state index contributed by atoms with van der Waals surface area (Å²) in [6, 6.07) is 6.16. The van der Waals surface area contributed by atoms with Gasteiger partial charge >= 0.3 is 0 Å². The number of benzene rings is 1. The zero-order valence-corrected chi connectivity index (χ0v) is 15.7. The molecular weight excluding hydrogens is 345 g/mol. The summed E-state index contributed by atoms with van der Waals surface area (Å²) in [5.41, 5.74) is 0.391. The van der Waals surface area contributed by atoms with Crippen molar-refractivity contribution < 1.29 is 14.0 Å². The molecule has 3 fully saturated rings. The number of nitrogens with one attached hydrogen (secondary N) is 1. The molecule has 27 heavy (non-hydrogen) atoms. The van der Waals surface area contributed by atoms with Crippen LogP contribution in [0.15, 0.2) is 24.3 Å². The van der Waals surface area contributed by atoms with Crippen LogP contribution < -0.4 is 5.32 Å². The highest BCUT2D eigenvalue weighted by molar-refractivity contribution is 5.94. The Balaban J connectivity index is 1.39. The number of hydrogen-bond donors (Lipinski definition) is 1. The molecule has 6 heteroatoms. The van der Waals surface area contributed by atoms with E-state index >= 15 is 0 Å². The molecule has 2 saturated carbocycles. The molecule has 5 nitrogen and oxygen atoms in total. The van der Waals surface area contributed by atoms with Gasteiger partial charge in [-0.15, -0.1) is 0 Å². The first kappa shape index (κ1) is 18.4. The van der Waals surface area contributed by atoms with Crippen LogP contribution in [0.4, 0.5) is 4.39 Å². The first-order valence-electron chi connectivity index (χ1n) is 10.2. The zero-order valence-electron chi connectivity index (χ0n) is 15.7. The maximum atomic E-state index is 13.4. The van der Waals surface area contributed by atoms with Crippen LogP contribution in [0.3, 0.4) is 0 Å². The minimum atomic E-state index is -0.391. The lowest BCUT2D eigenvalue weighted by atomic mass is 9.95. The molecular formula is C21H28FN3O2. The van der Waals surface area contributed by atoms with Crippen molar-refractivity contribution in [2.24, 2.45) is 5.92 Å². The Morgan fingerprint density at radius 1 is 1.04 bits per heavy atom. The van der Waals surface area contributed by atoms with Crippen LogP contribution in [0, 0.1) is 11.7 Å². The van der Waals surface area contributed by atoms with E-state index in [-0.39, 0.29) is 17.9 Å². The van der Waals surface area contributed by atoms with Gasteiger partial charge in [0, 0.05) is 37.8 Å². The van der Waals surface area contributed by atoms with E-state index in [9.17, 15) is 14.0 Å². The van der Waals surface area contributed by atoms with Crippen molar-refractivity contribution in [2.45, 2.75) is 50.6 Å². The molecule has 1 aliphatic heterocycles. The summed E-state index contributed by atoms with van der Waals surface area (Å²) in [4.78, 5) is 29.6. The van der Waals surface area contributed by atoms with Gasteiger partial charge in [0.2, 0.25) is 5.91 Å². The van der Waals surface area contributed by atoms with E-state index in [1.807, 2.05) is 0 Å². The third kappa shape index (κ3) is 4.32. The average Bonchev–Trinajstić information content (AvgIpc) is 3.32. The highest BCUT2D eigenvalue weighted by Gasteiger charge is 2.39. The lowest BCUT2D eigenvalue weighted by Crippen LogP contribution is -2.58. The second-order valence-electron chi connectivity index (χ2n) is 8.11. The van der Waals surface area contributed by atoms with Crippen molar-refractivity contribution in [1.82, 2.24) is 15.1 Å². The van der Waals surface area contributed by atoms with Gasteiger partial charge in [0.15, 0.2) is 0 Å². The van der Waals surface area contributed by atoms with E-state index < -0.39 is 5.82 Å². The molecule has 0 unspecified atom stereocenters. The number of carbonyl (C=O) groups is 2. The minimum Gasteiger partial charge on any atom is -0.352 e. The quantitative estimate of drug-likeness (QED) is 0.862. The Kier molecular flexibility index (Phi) is 5.43. The molecule has 0 bridgehead atoms. The summed E-state index contributed by atoms with van der Waals surface area (Å²) in [5.74, 6) is 0.0788. The third-order valence-electron chi connectivity index (χ3n) is 6.11. The van der Waals surface area contributed by atoms with Crippen molar-refractivity contribution in [1.29, 1.82) is 0 Å². The molecule has 2 amide bonds. The fourth-order valence-corrected chi connectivity index (χ4v) is 4.47. The number of halogens is 1. The number of piperazine rings is 1. The Bertz CT molecular complexity index is 692. The van der Waals surface area contributed by atoms with Gasteiger partial charge in [0.25, 0.3) is 5.91 Å². The van der Waals surface area contributed by atoms with Gasteiger partial charge in [0.1, 0.15) is 5.82 Å². The first-order valence-corrected chi connectivity index (χ1v) is 10.2. The number of rotatable bonds is 5. The summed E-state index contributed by atoms with van der Waals surface area (Å²) in [6.07, 6.45) is 6.83. The average molecular weight is 373 g/mol. The number of hydrogen-bond acceptors (Lipinski definition) is 3. The van der Waals surface area contributed by atoms with Crippen LogP contribution in [0.2, 0.25) is 0 Å². The molecule has 1 N–H and O–H groups in total. The Labute approximate surface area is 159 Å². The molecule has 2 aliphatic carbocycles. The molecule has 1 atom stereocenters. The summed E-state index contributed by atoms with van der Waals surface area (Å²) in [5, 5.41) is 3.19. The monoisotopic (exact) mass is 373 g/mol. The third-order valence-corrected chi connectivity index (χ3v) is 6.11. The van der Waals surface area contributed by atoms with Gasteiger partial charge in [-0.2, -0.15) is 0 Å². The van der Waals surface area contributed by atoms with Gasteiger partial charge in [-0.3, -0.25) is 14.5 Å². The normalized spacial score (nSPS) is 22.6. The second-order valence-corrected chi connectivity index (χ2v) is 8.11. The molecule has 0 aromatic heterocycles. The first-order chi connectivity index (χ1) is 13.1. The van der Waals surface area contributed by atoms with Crippen molar-refractivity contribution >= 4 is 11.8 Å². The van der Waals surface area contributed by atoms with Crippen molar-refractivity contribution in [2.75, 3.05) is 26.2 Å². The van der Waals surface area contributed by atoms with E-state index in [1.54, 1.807) is 17.0 Å². The number of amides is 2. The molecule has 1 saturated heterocycles. The lowest BCUT2D eigenvalue weighted by molar-refractivity contribution is -0.129. The summed E-state index contributed by atoms with van der Waals surface area (Å²) in [6.45, 7) is 2.55.